The van der Waals surface area contributed by atoms with E-state index in [0.29, 0.717) is 17.8 Å². The number of carbonyl (C=O) groups is 1. The van der Waals surface area contributed by atoms with Crippen molar-refractivity contribution < 1.29 is 19.0 Å². The van der Waals surface area contributed by atoms with Gasteiger partial charge in [0.25, 0.3) is 0 Å². The summed E-state index contributed by atoms with van der Waals surface area (Å²) in [6, 6.07) is 0. The molecule has 0 N–H and O–H groups in total. The molecule has 0 unspecified atom stereocenters. The standard InChI is InChI=1S/C17H26O4/c1-19-17(18)15-11-6-10-7-12(9-11)16(13(15)8-10)21-14-4-2-3-5-20-14/h10-16H,2-9H2,1H3/t10-,11+,12+,13-,14+,15-,16+/m0/s1. The Kier molecular flexibility index (Phi) is 3.70. The van der Waals surface area contributed by atoms with Crippen LogP contribution in [0.3, 0.4) is 0 Å². The monoisotopic (exact) mass is 294 g/mol. The number of hydrogen-bond acceptors (Lipinski definition) is 4. The molecule has 0 aromatic rings. The van der Waals surface area contributed by atoms with Gasteiger partial charge in [0.15, 0.2) is 6.29 Å². The van der Waals surface area contributed by atoms with Crippen molar-refractivity contribution in [3.63, 3.8) is 0 Å². The largest absolute Gasteiger partial charge is 0.469 e. The van der Waals surface area contributed by atoms with Crippen LogP contribution < -0.4 is 0 Å². The lowest BCUT2D eigenvalue weighted by Crippen LogP contribution is -2.57. The van der Waals surface area contributed by atoms with Gasteiger partial charge in [0.05, 0.1) is 19.1 Å². The summed E-state index contributed by atoms with van der Waals surface area (Å²) in [5.41, 5.74) is 0. The molecule has 5 aliphatic rings. The zero-order chi connectivity index (χ0) is 14.4. The average molecular weight is 294 g/mol. The van der Waals surface area contributed by atoms with Gasteiger partial charge < -0.3 is 14.2 Å². The maximum atomic E-state index is 12.2. The van der Waals surface area contributed by atoms with E-state index in [4.69, 9.17) is 14.2 Å². The SMILES string of the molecule is COC(=O)[C@H]1[C@@H]2C[C@H]3C[C@H](C2)[C@@H](O[C@@H]2CCCCO2)[C@H]1C3. The van der Waals surface area contributed by atoms with Crippen LogP contribution in [0.5, 0.6) is 0 Å². The first kappa shape index (κ1) is 14.0. The van der Waals surface area contributed by atoms with Crippen molar-refractivity contribution in [3.8, 4) is 0 Å². The second-order valence-electron chi connectivity index (χ2n) is 7.44. The average Bonchev–Trinajstić information content (AvgIpc) is 2.51. The Balaban J connectivity index is 1.51. The normalized spacial score (nSPS) is 48.3. The van der Waals surface area contributed by atoms with Gasteiger partial charge in [0, 0.05) is 6.61 Å². The maximum Gasteiger partial charge on any atom is 0.309 e. The summed E-state index contributed by atoms with van der Waals surface area (Å²) in [6.45, 7) is 0.818. The van der Waals surface area contributed by atoms with Crippen molar-refractivity contribution in [2.24, 2.45) is 29.6 Å². The van der Waals surface area contributed by atoms with Crippen LogP contribution in [0.2, 0.25) is 0 Å². The van der Waals surface area contributed by atoms with Crippen LogP contribution in [0.1, 0.15) is 44.9 Å². The number of methoxy groups -OCH3 is 1. The van der Waals surface area contributed by atoms with Crippen LogP contribution in [0.15, 0.2) is 0 Å². The molecule has 4 aliphatic carbocycles. The van der Waals surface area contributed by atoms with E-state index in [2.05, 4.69) is 0 Å². The topological polar surface area (TPSA) is 44.8 Å². The van der Waals surface area contributed by atoms with Crippen molar-refractivity contribution in [1.82, 2.24) is 0 Å². The molecule has 0 radical (unpaired) electrons. The van der Waals surface area contributed by atoms with Gasteiger partial charge >= 0.3 is 5.97 Å². The highest BCUT2D eigenvalue weighted by molar-refractivity contribution is 5.73. The maximum absolute atomic E-state index is 12.2. The first-order valence-corrected chi connectivity index (χ1v) is 8.61. The second kappa shape index (κ2) is 5.54. The molecule has 5 fully saturated rings. The Morgan fingerprint density at radius 3 is 2.71 bits per heavy atom. The molecule has 4 nitrogen and oxygen atoms in total. The minimum atomic E-state index is -0.0421. The minimum Gasteiger partial charge on any atom is -0.469 e. The van der Waals surface area contributed by atoms with Crippen molar-refractivity contribution >= 4 is 5.97 Å². The van der Waals surface area contributed by atoms with Crippen molar-refractivity contribution in [2.75, 3.05) is 13.7 Å². The Hall–Kier alpha value is -0.610. The van der Waals surface area contributed by atoms with E-state index < -0.39 is 0 Å². The van der Waals surface area contributed by atoms with Crippen molar-refractivity contribution in [2.45, 2.75) is 57.3 Å². The molecule has 4 saturated carbocycles. The molecule has 118 valence electrons. The predicted molar refractivity (Wildman–Crippen MR) is 76.4 cm³/mol. The van der Waals surface area contributed by atoms with E-state index in [1.165, 1.54) is 26.4 Å². The zero-order valence-electron chi connectivity index (χ0n) is 12.8. The fourth-order valence-corrected chi connectivity index (χ4v) is 5.57. The molecule has 0 spiro atoms. The van der Waals surface area contributed by atoms with E-state index in [1.54, 1.807) is 0 Å². The number of ether oxygens (including phenoxy) is 3. The third-order valence-electron chi connectivity index (χ3n) is 6.26. The Morgan fingerprint density at radius 2 is 1.95 bits per heavy atom. The lowest BCUT2D eigenvalue weighted by molar-refractivity contribution is -0.248. The summed E-state index contributed by atoms with van der Waals surface area (Å²) in [5.74, 6) is 2.40. The second-order valence-corrected chi connectivity index (χ2v) is 7.44. The molecule has 0 amide bonds. The van der Waals surface area contributed by atoms with Gasteiger partial charge in [-0.3, -0.25) is 4.79 Å². The Labute approximate surface area is 126 Å². The van der Waals surface area contributed by atoms with E-state index in [0.717, 1.165) is 38.2 Å². The molecule has 0 aromatic carbocycles. The van der Waals surface area contributed by atoms with Crippen LogP contribution in [-0.2, 0) is 19.0 Å². The van der Waals surface area contributed by atoms with Gasteiger partial charge in [-0.2, -0.15) is 0 Å². The molecule has 4 bridgehead atoms. The van der Waals surface area contributed by atoms with Gasteiger partial charge in [-0.1, -0.05) is 0 Å². The van der Waals surface area contributed by atoms with Gasteiger partial charge in [-0.15, -0.1) is 0 Å². The first-order valence-electron chi connectivity index (χ1n) is 8.61. The first-order chi connectivity index (χ1) is 10.3. The van der Waals surface area contributed by atoms with Gasteiger partial charge in [-0.25, -0.2) is 0 Å². The summed E-state index contributed by atoms with van der Waals surface area (Å²) in [7, 11) is 1.52. The third kappa shape index (κ3) is 2.40. The van der Waals surface area contributed by atoms with E-state index in [1.807, 2.05) is 0 Å². The number of rotatable bonds is 3. The summed E-state index contributed by atoms with van der Waals surface area (Å²) in [6.07, 6.45) is 8.31. The molecule has 1 saturated heterocycles. The van der Waals surface area contributed by atoms with E-state index >= 15 is 0 Å². The number of hydrogen-bond donors (Lipinski definition) is 0. The van der Waals surface area contributed by atoms with E-state index in [-0.39, 0.29) is 24.3 Å². The van der Waals surface area contributed by atoms with Crippen molar-refractivity contribution in [3.05, 3.63) is 0 Å². The fourth-order valence-electron chi connectivity index (χ4n) is 5.57. The van der Waals surface area contributed by atoms with E-state index in [9.17, 15) is 4.79 Å². The molecule has 1 heterocycles. The van der Waals surface area contributed by atoms with Gasteiger partial charge in [-0.05, 0) is 68.6 Å². The molecular weight excluding hydrogens is 268 g/mol. The zero-order valence-corrected chi connectivity index (χ0v) is 12.8. The van der Waals surface area contributed by atoms with Gasteiger partial charge in [0.1, 0.15) is 0 Å². The molecule has 1 aliphatic heterocycles. The predicted octanol–water partition coefficient (Wildman–Crippen LogP) is 2.75. The van der Waals surface area contributed by atoms with Crippen molar-refractivity contribution in [1.29, 1.82) is 0 Å². The number of carbonyl (C=O) groups excluding carboxylic acids is 1. The number of esters is 1. The third-order valence-corrected chi connectivity index (χ3v) is 6.26. The summed E-state index contributed by atoms with van der Waals surface area (Å²) < 4.78 is 17.2. The lowest BCUT2D eigenvalue weighted by Gasteiger charge is -2.57. The molecule has 7 atom stereocenters. The highest BCUT2D eigenvalue weighted by Gasteiger charge is 2.57. The Bertz CT molecular complexity index is 404. The summed E-state index contributed by atoms with van der Waals surface area (Å²) in [5, 5.41) is 0. The van der Waals surface area contributed by atoms with Gasteiger partial charge in [0.2, 0.25) is 0 Å². The molecular formula is C17H26O4. The molecule has 0 aromatic heterocycles. The van der Waals surface area contributed by atoms with Crippen LogP contribution in [-0.4, -0.2) is 32.1 Å². The molecule has 4 heteroatoms. The summed E-state index contributed by atoms with van der Waals surface area (Å²) in [4.78, 5) is 12.2. The van der Waals surface area contributed by atoms with Crippen LogP contribution in [0.25, 0.3) is 0 Å². The fraction of sp³-hybridized carbons (Fsp3) is 0.941. The van der Waals surface area contributed by atoms with Crippen LogP contribution >= 0.6 is 0 Å². The smallest absolute Gasteiger partial charge is 0.309 e. The highest BCUT2D eigenvalue weighted by atomic mass is 16.7. The lowest BCUT2D eigenvalue weighted by atomic mass is 9.50. The van der Waals surface area contributed by atoms with Crippen LogP contribution in [0, 0.1) is 29.6 Å². The van der Waals surface area contributed by atoms with Crippen LogP contribution in [0.4, 0.5) is 0 Å². The highest BCUT2D eigenvalue weighted by Crippen LogP contribution is 2.58. The summed E-state index contributed by atoms with van der Waals surface area (Å²) >= 11 is 0. The molecule has 21 heavy (non-hydrogen) atoms. The Morgan fingerprint density at radius 1 is 1.10 bits per heavy atom. The quantitative estimate of drug-likeness (QED) is 0.751. The molecule has 5 rings (SSSR count). The minimum absolute atomic E-state index is 0.0121.